The molecule has 4 aromatic rings. The number of carbonyl (C=O) groups is 1. The third-order valence-electron chi connectivity index (χ3n) is 4.46. The molecule has 8 heteroatoms. The SMILES string of the molecule is Cc1sc(NN=Cc2ccc(OC(=O)c3ccc(Cl)c(Cl)c3)cc2)nc1-c1ccccc1. The van der Waals surface area contributed by atoms with Crippen molar-refractivity contribution in [1.82, 2.24) is 4.98 Å². The fourth-order valence-electron chi connectivity index (χ4n) is 2.88. The van der Waals surface area contributed by atoms with Crippen LogP contribution in [0.1, 0.15) is 20.8 Å². The maximum absolute atomic E-state index is 12.3. The third-order valence-corrected chi connectivity index (χ3v) is 6.08. The fourth-order valence-corrected chi connectivity index (χ4v) is 3.96. The van der Waals surface area contributed by atoms with Gasteiger partial charge in [0.25, 0.3) is 0 Å². The number of hydrogen-bond acceptors (Lipinski definition) is 6. The molecule has 0 fully saturated rings. The topological polar surface area (TPSA) is 63.6 Å². The predicted octanol–water partition coefficient (Wildman–Crippen LogP) is 7.09. The van der Waals surface area contributed by atoms with E-state index in [9.17, 15) is 4.79 Å². The Hall–Kier alpha value is -3.19. The van der Waals surface area contributed by atoms with Crippen molar-refractivity contribution < 1.29 is 9.53 Å². The van der Waals surface area contributed by atoms with Gasteiger partial charge in [-0.2, -0.15) is 5.10 Å². The Kier molecular flexibility index (Phi) is 6.85. The van der Waals surface area contributed by atoms with Gasteiger partial charge in [0.1, 0.15) is 5.75 Å². The van der Waals surface area contributed by atoms with Gasteiger partial charge >= 0.3 is 5.97 Å². The van der Waals surface area contributed by atoms with E-state index in [2.05, 4.69) is 15.5 Å². The van der Waals surface area contributed by atoms with Crippen LogP contribution in [0.5, 0.6) is 5.75 Å². The van der Waals surface area contributed by atoms with Crippen LogP contribution in [0.4, 0.5) is 5.13 Å². The fraction of sp³-hybridized carbons (Fsp3) is 0.0417. The van der Waals surface area contributed by atoms with Crippen LogP contribution in [0.25, 0.3) is 11.3 Å². The van der Waals surface area contributed by atoms with Crippen LogP contribution in [0, 0.1) is 6.92 Å². The molecule has 1 N–H and O–H groups in total. The average molecular weight is 482 g/mol. The molecule has 0 unspecified atom stereocenters. The number of benzene rings is 3. The highest BCUT2D eigenvalue weighted by atomic mass is 35.5. The molecule has 0 atom stereocenters. The lowest BCUT2D eigenvalue weighted by Crippen LogP contribution is -2.08. The summed E-state index contributed by atoms with van der Waals surface area (Å²) in [7, 11) is 0. The lowest BCUT2D eigenvalue weighted by Gasteiger charge is -2.05. The number of ether oxygens (including phenoxy) is 1. The van der Waals surface area contributed by atoms with Crippen LogP contribution in [0.15, 0.2) is 77.9 Å². The van der Waals surface area contributed by atoms with E-state index in [1.165, 1.54) is 6.07 Å². The predicted molar refractivity (Wildman–Crippen MR) is 131 cm³/mol. The molecule has 0 aliphatic carbocycles. The molecule has 160 valence electrons. The monoisotopic (exact) mass is 481 g/mol. The van der Waals surface area contributed by atoms with Crippen LogP contribution < -0.4 is 10.2 Å². The van der Waals surface area contributed by atoms with Crippen molar-refractivity contribution >= 4 is 51.9 Å². The summed E-state index contributed by atoms with van der Waals surface area (Å²) in [6.07, 6.45) is 1.67. The maximum Gasteiger partial charge on any atom is 0.343 e. The van der Waals surface area contributed by atoms with Crippen LogP contribution in [0.2, 0.25) is 10.0 Å². The van der Waals surface area contributed by atoms with E-state index in [-0.39, 0.29) is 0 Å². The van der Waals surface area contributed by atoms with Crippen LogP contribution in [-0.2, 0) is 0 Å². The Morgan fingerprint density at radius 2 is 1.78 bits per heavy atom. The van der Waals surface area contributed by atoms with Gasteiger partial charge in [-0.15, -0.1) is 11.3 Å². The van der Waals surface area contributed by atoms with E-state index in [1.807, 2.05) is 37.3 Å². The first-order chi connectivity index (χ1) is 15.5. The van der Waals surface area contributed by atoms with Crippen LogP contribution in [-0.4, -0.2) is 17.2 Å². The maximum atomic E-state index is 12.3. The zero-order chi connectivity index (χ0) is 22.5. The van der Waals surface area contributed by atoms with Gasteiger partial charge in [-0.3, -0.25) is 5.43 Å². The summed E-state index contributed by atoms with van der Waals surface area (Å²) in [5.41, 5.74) is 6.15. The number of nitrogens with one attached hydrogen (secondary N) is 1. The van der Waals surface area contributed by atoms with E-state index >= 15 is 0 Å². The Morgan fingerprint density at radius 1 is 1.03 bits per heavy atom. The highest BCUT2D eigenvalue weighted by Gasteiger charge is 2.11. The summed E-state index contributed by atoms with van der Waals surface area (Å²) < 4.78 is 5.37. The van der Waals surface area contributed by atoms with Gasteiger partial charge in [0, 0.05) is 10.4 Å². The molecule has 0 radical (unpaired) electrons. The van der Waals surface area contributed by atoms with Crippen molar-refractivity contribution in [3.05, 3.63) is 98.8 Å². The second-order valence-electron chi connectivity index (χ2n) is 6.75. The van der Waals surface area contributed by atoms with Crippen molar-refractivity contribution in [1.29, 1.82) is 0 Å². The van der Waals surface area contributed by atoms with E-state index in [0.29, 0.717) is 26.5 Å². The quantitative estimate of drug-likeness (QED) is 0.138. The molecule has 1 aromatic heterocycles. The van der Waals surface area contributed by atoms with Crippen LogP contribution >= 0.6 is 34.5 Å². The highest BCUT2D eigenvalue weighted by Crippen LogP contribution is 2.30. The molecule has 0 aliphatic heterocycles. The number of aryl methyl sites for hydroxylation is 1. The van der Waals surface area contributed by atoms with Gasteiger partial charge in [0.2, 0.25) is 5.13 Å². The zero-order valence-corrected chi connectivity index (χ0v) is 19.2. The second kappa shape index (κ2) is 9.96. The summed E-state index contributed by atoms with van der Waals surface area (Å²) in [6, 6.07) is 21.6. The number of carbonyl (C=O) groups excluding carboxylic acids is 1. The van der Waals surface area contributed by atoms with E-state index in [0.717, 1.165) is 21.7 Å². The number of hydrogen-bond donors (Lipinski definition) is 1. The molecule has 4 rings (SSSR count). The largest absolute Gasteiger partial charge is 0.423 e. The molecular weight excluding hydrogens is 465 g/mol. The molecule has 0 bridgehead atoms. The highest BCUT2D eigenvalue weighted by molar-refractivity contribution is 7.16. The molecule has 0 aliphatic rings. The first-order valence-corrected chi connectivity index (χ1v) is 11.2. The number of halogens is 2. The minimum absolute atomic E-state index is 0.298. The molecule has 1 heterocycles. The number of hydrazone groups is 1. The van der Waals surface area contributed by atoms with Crippen molar-refractivity contribution in [2.75, 3.05) is 5.43 Å². The van der Waals surface area contributed by atoms with Crippen LogP contribution in [0.3, 0.4) is 0 Å². The first kappa shape index (κ1) is 22.0. The van der Waals surface area contributed by atoms with Gasteiger partial charge in [0.05, 0.1) is 27.5 Å². The van der Waals surface area contributed by atoms with Crippen molar-refractivity contribution in [3.8, 4) is 17.0 Å². The summed E-state index contributed by atoms with van der Waals surface area (Å²) in [4.78, 5) is 18.0. The lowest BCUT2D eigenvalue weighted by molar-refractivity contribution is 0.0735. The van der Waals surface area contributed by atoms with Gasteiger partial charge in [0.15, 0.2) is 0 Å². The molecular formula is C24H17Cl2N3O2S. The van der Waals surface area contributed by atoms with Crippen molar-refractivity contribution in [3.63, 3.8) is 0 Å². The van der Waals surface area contributed by atoms with E-state index < -0.39 is 5.97 Å². The number of aromatic nitrogens is 1. The molecule has 0 saturated carbocycles. The third kappa shape index (κ3) is 5.34. The smallest absolute Gasteiger partial charge is 0.343 e. The number of thiazole rings is 1. The van der Waals surface area contributed by atoms with Crippen molar-refractivity contribution in [2.45, 2.75) is 6.92 Å². The Bertz CT molecular complexity index is 1270. The Labute approximate surface area is 199 Å². The standard InChI is InChI=1S/C24H17Cl2N3O2S/c1-15-22(17-5-3-2-4-6-17)28-24(32-15)29-27-14-16-7-10-19(11-8-16)31-23(30)18-9-12-20(25)21(26)13-18/h2-14H,1H3,(H,28,29). The number of anilines is 1. The average Bonchev–Trinajstić information content (AvgIpc) is 3.17. The van der Waals surface area contributed by atoms with Gasteiger partial charge in [-0.25, -0.2) is 9.78 Å². The summed E-state index contributed by atoms with van der Waals surface area (Å²) >= 11 is 13.4. The minimum atomic E-state index is -0.514. The normalized spacial score (nSPS) is 11.0. The molecule has 0 saturated heterocycles. The number of rotatable bonds is 6. The van der Waals surface area contributed by atoms with Crippen molar-refractivity contribution in [2.24, 2.45) is 5.10 Å². The van der Waals surface area contributed by atoms with E-state index in [4.69, 9.17) is 27.9 Å². The lowest BCUT2D eigenvalue weighted by atomic mass is 10.1. The Balaban J connectivity index is 1.36. The number of esters is 1. The van der Waals surface area contributed by atoms with E-state index in [1.54, 1.807) is 53.9 Å². The molecule has 0 spiro atoms. The minimum Gasteiger partial charge on any atom is -0.423 e. The summed E-state index contributed by atoms with van der Waals surface area (Å²) in [5, 5.41) is 5.64. The zero-order valence-electron chi connectivity index (χ0n) is 16.9. The molecule has 0 amide bonds. The number of nitrogens with zero attached hydrogens (tertiary/aromatic N) is 2. The van der Waals surface area contributed by atoms with Gasteiger partial charge in [-0.1, -0.05) is 53.5 Å². The summed E-state index contributed by atoms with van der Waals surface area (Å²) in [6.45, 7) is 2.03. The Morgan fingerprint density at radius 3 is 2.50 bits per heavy atom. The summed E-state index contributed by atoms with van der Waals surface area (Å²) in [5.74, 6) is -0.103. The molecule has 32 heavy (non-hydrogen) atoms. The molecule has 5 nitrogen and oxygen atoms in total. The first-order valence-electron chi connectivity index (χ1n) is 9.59. The van der Waals surface area contributed by atoms with Gasteiger partial charge < -0.3 is 4.74 Å². The molecule has 3 aromatic carbocycles. The second-order valence-corrected chi connectivity index (χ2v) is 8.76. The van der Waals surface area contributed by atoms with Gasteiger partial charge in [-0.05, 0) is 55.0 Å².